The van der Waals surface area contributed by atoms with Crippen molar-refractivity contribution >= 4 is 23.1 Å². The Kier molecular flexibility index (Phi) is 7.12. The smallest absolute Gasteiger partial charge is 0.188 e. The number of methoxy groups -OCH3 is 1. The average Bonchev–Trinajstić information content (AvgIpc) is 3.19. The molecule has 1 N–H and O–H groups in total. The van der Waals surface area contributed by atoms with Crippen LogP contribution in [0.3, 0.4) is 0 Å². The van der Waals surface area contributed by atoms with E-state index in [0.29, 0.717) is 17.2 Å². The van der Waals surface area contributed by atoms with E-state index in [1.54, 1.807) is 25.3 Å². The van der Waals surface area contributed by atoms with E-state index in [1.807, 2.05) is 30.5 Å². The number of hydrogen-bond acceptors (Lipinski definition) is 6. The lowest BCUT2D eigenvalue weighted by molar-refractivity contribution is 0.104. The minimum absolute atomic E-state index is 0.111. The molecule has 2 aliphatic heterocycles. The van der Waals surface area contributed by atoms with Crippen molar-refractivity contribution in [2.24, 2.45) is 0 Å². The Morgan fingerprint density at radius 1 is 1.16 bits per heavy atom. The van der Waals surface area contributed by atoms with Crippen LogP contribution >= 0.6 is 11.6 Å². The van der Waals surface area contributed by atoms with Crippen LogP contribution in [0, 0.1) is 0 Å². The van der Waals surface area contributed by atoms with Gasteiger partial charge in [-0.25, -0.2) is 0 Å². The van der Waals surface area contributed by atoms with Crippen LogP contribution in [0.5, 0.6) is 11.5 Å². The number of ether oxygens (including phenoxy) is 2. The highest BCUT2D eigenvalue weighted by Gasteiger charge is 2.22. The fraction of sp³-hybridized carbons (Fsp3) is 0.375. The van der Waals surface area contributed by atoms with E-state index in [2.05, 4.69) is 15.1 Å². The summed E-state index contributed by atoms with van der Waals surface area (Å²) >= 11 is 6.15. The fourth-order valence-corrected chi connectivity index (χ4v) is 4.20. The lowest BCUT2D eigenvalue weighted by Gasteiger charge is -2.27. The van der Waals surface area contributed by atoms with Gasteiger partial charge >= 0.3 is 0 Å². The summed E-state index contributed by atoms with van der Waals surface area (Å²) in [4.78, 5) is 17.0. The maximum absolute atomic E-state index is 12.5. The molecule has 164 valence electrons. The largest absolute Gasteiger partial charge is 0.493 e. The molecule has 2 aromatic rings. The predicted octanol–water partition coefficient (Wildman–Crippen LogP) is 3.39. The van der Waals surface area contributed by atoms with Crippen LogP contribution in [0.4, 0.5) is 5.69 Å². The molecule has 31 heavy (non-hydrogen) atoms. The Morgan fingerprint density at radius 3 is 2.74 bits per heavy atom. The fourth-order valence-electron chi connectivity index (χ4n) is 3.98. The minimum atomic E-state index is -0.111. The molecule has 0 amide bonds. The van der Waals surface area contributed by atoms with Gasteiger partial charge < -0.3 is 19.7 Å². The summed E-state index contributed by atoms with van der Waals surface area (Å²) in [5.74, 6) is 1.37. The van der Waals surface area contributed by atoms with Crippen molar-refractivity contribution in [3.05, 3.63) is 64.8 Å². The van der Waals surface area contributed by atoms with Crippen LogP contribution in [0.1, 0.15) is 15.9 Å². The van der Waals surface area contributed by atoms with Gasteiger partial charge in [-0.1, -0.05) is 23.7 Å². The summed E-state index contributed by atoms with van der Waals surface area (Å²) < 4.78 is 11.7. The zero-order valence-corrected chi connectivity index (χ0v) is 18.5. The summed E-state index contributed by atoms with van der Waals surface area (Å²) in [7, 11) is 1.67. The molecule has 6 nitrogen and oxygen atoms in total. The molecule has 7 heteroatoms. The first-order valence-electron chi connectivity index (χ1n) is 10.7. The molecule has 0 aromatic heterocycles. The highest BCUT2D eigenvalue weighted by Crippen LogP contribution is 2.39. The highest BCUT2D eigenvalue weighted by atomic mass is 35.5. The van der Waals surface area contributed by atoms with Gasteiger partial charge in [0.2, 0.25) is 0 Å². The maximum atomic E-state index is 12.5. The third-order valence-electron chi connectivity index (χ3n) is 5.72. The van der Waals surface area contributed by atoms with Gasteiger partial charge in [-0.2, -0.15) is 0 Å². The van der Waals surface area contributed by atoms with Crippen LogP contribution in [0.2, 0.25) is 5.02 Å². The third kappa shape index (κ3) is 5.21. The summed E-state index contributed by atoms with van der Waals surface area (Å²) in [6.07, 6.45) is 4.29. The molecule has 0 unspecified atom stereocenters. The van der Waals surface area contributed by atoms with Crippen LogP contribution in [0.15, 0.2) is 48.7 Å². The summed E-state index contributed by atoms with van der Waals surface area (Å²) in [6.45, 7) is 6.43. The number of benzene rings is 2. The Bertz CT molecular complexity index is 957. The van der Waals surface area contributed by atoms with Crippen molar-refractivity contribution in [1.29, 1.82) is 0 Å². The Morgan fingerprint density at radius 2 is 1.97 bits per heavy atom. The van der Waals surface area contributed by atoms with E-state index in [1.165, 1.54) is 5.56 Å². The molecule has 0 bridgehead atoms. The van der Waals surface area contributed by atoms with E-state index in [0.717, 1.165) is 62.9 Å². The number of carbonyl (C=O) groups is 1. The van der Waals surface area contributed by atoms with E-state index in [9.17, 15) is 4.79 Å². The Hall–Kier alpha value is -2.54. The molecule has 0 spiro atoms. The van der Waals surface area contributed by atoms with Gasteiger partial charge in [0.05, 0.1) is 12.1 Å². The number of carbonyl (C=O) groups excluding carboxylic acids is 1. The van der Waals surface area contributed by atoms with Crippen molar-refractivity contribution in [2.45, 2.75) is 6.42 Å². The zero-order valence-electron chi connectivity index (χ0n) is 17.8. The quantitative estimate of drug-likeness (QED) is 0.500. The second-order valence-electron chi connectivity index (χ2n) is 7.68. The van der Waals surface area contributed by atoms with Gasteiger partial charge in [0.1, 0.15) is 6.61 Å². The molecular weight excluding hydrogens is 414 g/mol. The summed E-state index contributed by atoms with van der Waals surface area (Å²) in [5.41, 5.74) is 2.73. The predicted molar refractivity (Wildman–Crippen MR) is 124 cm³/mol. The standard InChI is InChI=1S/C24H28ClN3O3/c1-30-23-16-18-6-10-28(11-7-22(29)19-4-2-3-5-20(19)25)21(18)17-24(23)31-15-14-27-12-8-26-9-13-27/h2-5,7,11,16-17,26H,6,8-10,12-15H2,1H3/b11-7+. The number of piperazine rings is 1. The van der Waals surface area contributed by atoms with Gasteiger partial charge in [0, 0.05) is 68.9 Å². The lowest BCUT2D eigenvalue weighted by Crippen LogP contribution is -2.44. The van der Waals surface area contributed by atoms with Gasteiger partial charge in [-0.15, -0.1) is 0 Å². The van der Waals surface area contributed by atoms with Gasteiger partial charge in [-0.05, 0) is 30.2 Å². The first-order chi connectivity index (χ1) is 15.2. The highest BCUT2D eigenvalue weighted by molar-refractivity contribution is 6.34. The normalized spacial score (nSPS) is 16.5. The molecular formula is C24H28ClN3O3. The van der Waals surface area contributed by atoms with Crippen LogP contribution in [0.25, 0.3) is 0 Å². The van der Waals surface area contributed by atoms with Crippen molar-refractivity contribution in [1.82, 2.24) is 10.2 Å². The molecule has 4 rings (SSSR count). The SMILES string of the molecule is COc1cc2c(cc1OCCN1CCNCC1)N(/C=C/C(=O)c1ccccc1Cl)CC2. The molecule has 1 saturated heterocycles. The van der Waals surface area contributed by atoms with Crippen LogP contribution < -0.4 is 19.7 Å². The summed E-state index contributed by atoms with van der Waals surface area (Å²) in [5, 5.41) is 3.82. The number of halogens is 1. The number of nitrogens with one attached hydrogen (secondary N) is 1. The van der Waals surface area contributed by atoms with E-state index in [-0.39, 0.29) is 5.78 Å². The number of hydrogen-bond donors (Lipinski definition) is 1. The number of anilines is 1. The number of rotatable bonds is 8. The zero-order chi connectivity index (χ0) is 21.6. The Balaban J connectivity index is 1.45. The third-order valence-corrected chi connectivity index (χ3v) is 6.05. The van der Waals surface area contributed by atoms with E-state index < -0.39 is 0 Å². The van der Waals surface area contributed by atoms with Crippen molar-refractivity contribution in [3.8, 4) is 11.5 Å². The molecule has 1 fully saturated rings. The van der Waals surface area contributed by atoms with Gasteiger partial charge in [-0.3, -0.25) is 9.69 Å². The maximum Gasteiger partial charge on any atom is 0.188 e. The molecule has 0 saturated carbocycles. The van der Waals surface area contributed by atoms with Gasteiger partial charge in [0.15, 0.2) is 17.3 Å². The van der Waals surface area contributed by atoms with Crippen molar-refractivity contribution < 1.29 is 14.3 Å². The van der Waals surface area contributed by atoms with Crippen molar-refractivity contribution in [2.75, 3.05) is 57.9 Å². The lowest BCUT2D eigenvalue weighted by atomic mass is 10.1. The van der Waals surface area contributed by atoms with Crippen molar-refractivity contribution in [3.63, 3.8) is 0 Å². The number of fused-ring (bicyclic) bond motifs is 1. The second kappa shape index (κ2) is 10.2. The monoisotopic (exact) mass is 441 g/mol. The van der Waals surface area contributed by atoms with Gasteiger partial charge in [0.25, 0.3) is 0 Å². The number of ketones is 1. The number of nitrogens with zero attached hydrogens (tertiary/aromatic N) is 2. The molecule has 2 aromatic carbocycles. The summed E-state index contributed by atoms with van der Waals surface area (Å²) in [6, 6.07) is 11.2. The Labute approximate surface area is 188 Å². The number of allylic oxidation sites excluding steroid dienone is 1. The molecule has 0 atom stereocenters. The minimum Gasteiger partial charge on any atom is -0.493 e. The van der Waals surface area contributed by atoms with Crippen LogP contribution in [-0.4, -0.2) is 63.7 Å². The average molecular weight is 442 g/mol. The first-order valence-corrected chi connectivity index (χ1v) is 11.0. The first kappa shape index (κ1) is 21.7. The van der Waals surface area contributed by atoms with Crippen LogP contribution in [-0.2, 0) is 6.42 Å². The second-order valence-corrected chi connectivity index (χ2v) is 8.08. The molecule has 0 aliphatic carbocycles. The van der Waals surface area contributed by atoms with E-state index in [4.69, 9.17) is 21.1 Å². The molecule has 0 radical (unpaired) electrons. The van der Waals surface area contributed by atoms with E-state index >= 15 is 0 Å². The topological polar surface area (TPSA) is 54.0 Å². The molecule has 2 aliphatic rings. The molecule has 2 heterocycles.